The summed E-state index contributed by atoms with van der Waals surface area (Å²) in [7, 11) is 0. The van der Waals surface area contributed by atoms with Crippen molar-refractivity contribution in [1.29, 1.82) is 0 Å². The summed E-state index contributed by atoms with van der Waals surface area (Å²) >= 11 is 0. The quantitative estimate of drug-likeness (QED) is 0.116. The van der Waals surface area contributed by atoms with E-state index in [4.69, 9.17) is 0 Å². The molecular formula is C25H38N6O13. The molecule has 0 saturated carbocycles. The van der Waals surface area contributed by atoms with E-state index in [9.17, 15) is 63.6 Å². The van der Waals surface area contributed by atoms with Crippen molar-refractivity contribution in [2.75, 3.05) is 0 Å². The number of hydrogen-bond donors (Lipinski definition) is 10. The van der Waals surface area contributed by atoms with Crippen molar-refractivity contribution in [3.05, 3.63) is 0 Å². The first kappa shape index (κ1) is 37.2. The fraction of sp³-hybridized carbons (Fsp3) is 0.640. The van der Waals surface area contributed by atoms with Crippen molar-refractivity contribution in [2.24, 2.45) is 5.92 Å². The van der Waals surface area contributed by atoms with Gasteiger partial charge in [-0.1, -0.05) is 13.8 Å². The van der Waals surface area contributed by atoms with E-state index < -0.39 is 115 Å². The third kappa shape index (κ3) is 12.2. The van der Waals surface area contributed by atoms with Crippen LogP contribution in [0, 0.1) is 5.92 Å². The minimum Gasteiger partial charge on any atom is -0.481 e. The van der Waals surface area contributed by atoms with Crippen molar-refractivity contribution >= 4 is 53.4 Å². The van der Waals surface area contributed by atoms with Gasteiger partial charge in [0.15, 0.2) is 0 Å². The normalized spacial score (nSPS) is 26.9. The summed E-state index contributed by atoms with van der Waals surface area (Å²) in [6.45, 7) is 5.51. The van der Waals surface area contributed by atoms with Gasteiger partial charge in [-0.2, -0.15) is 0 Å². The standard InChI is InChI=1S/C25H38N6O13/c1-9(2)5-12-21(40)30-15(8-18(37)38)24(43)31-19(11(4)32)25(44)26-10(3)20(39)27-13(6-16(33)34)22(41)29-14(7-17(35)36)23(42)28-12/h9-15,19,32H,5-8H2,1-4H3,(H,26,44)(H,27,39)(H,28,42)(H,29,41)(H,30,40)(H,31,43)(H,33,34)(H,35,36)(H,37,38)/t10-,11-,12+,13-,14-,15-,19+/m1/s1. The topological polar surface area (TPSA) is 307 Å². The molecule has 0 aromatic rings. The third-order valence-corrected chi connectivity index (χ3v) is 6.19. The molecule has 1 aliphatic heterocycles. The highest BCUT2D eigenvalue weighted by Crippen LogP contribution is 2.09. The number of carbonyl (C=O) groups excluding carboxylic acids is 6. The van der Waals surface area contributed by atoms with Crippen LogP contribution in [0.15, 0.2) is 0 Å². The maximum atomic E-state index is 13.2. The van der Waals surface area contributed by atoms with E-state index in [0.717, 1.165) is 13.8 Å². The Bertz CT molecular complexity index is 1160. The van der Waals surface area contributed by atoms with Crippen LogP contribution in [0.1, 0.15) is 53.4 Å². The highest BCUT2D eigenvalue weighted by atomic mass is 16.4. The summed E-state index contributed by atoms with van der Waals surface area (Å²) in [5.74, 6) is -12.0. The number of aliphatic carboxylic acids is 3. The zero-order chi connectivity index (χ0) is 33.9. The molecule has 1 fully saturated rings. The molecule has 7 atom stereocenters. The van der Waals surface area contributed by atoms with E-state index in [2.05, 4.69) is 31.9 Å². The van der Waals surface area contributed by atoms with E-state index in [0.29, 0.717) is 0 Å². The van der Waals surface area contributed by atoms with Crippen LogP contribution >= 0.6 is 0 Å². The van der Waals surface area contributed by atoms with Gasteiger partial charge in [0.2, 0.25) is 35.4 Å². The van der Waals surface area contributed by atoms with E-state index in [1.807, 2.05) is 0 Å². The molecule has 19 heteroatoms. The molecule has 0 unspecified atom stereocenters. The number of carboxylic acid groups (broad SMARTS) is 3. The number of aliphatic hydroxyl groups is 1. The molecule has 19 nitrogen and oxygen atoms in total. The number of nitrogens with one attached hydrogen (secondary N) is 6. The third-order valence-electron chi connectivity index (χ3n) is 6.19. The minimum absolute atomic E-state index is 0.110. The number of carboxylic acids is 3. The van der Waals surface area contributed by atoms with Gasteiger partial charge in [0, 0.05) is 0 Å². The van der Waals surface area contributed by atoms with Gasteiger partial charge in [0.05, 0.1) is 25.4 Å². The summed E-state index contributed by atoms with van der Waals surface area (Å²) in [6.07, 6.45) is -4.75. The average Bonchev–Trinajstić information content (AvgIpc) is 2.87. The van der Waals surface area contributed by atoms with Crippen molar-refractivity contribution in [1.82, 2.24) is 31.9 Å². The van der Waals surface area contributed by atoms with Crippen LogP contribution in [-0.2, 0) is 43.2 Å². The Hall–Kier alpha value is -4.81. The zero-order valence-corrected chi connectivity index (χ0v) is 24.4. The van der Waals surface area contributed by atoms with Crippen molar-refractivity contribution < 1.29 is 63.6 Å². The highest BCUT2D eigenvalue weighted by Gasteiger charge is 2.36. The van der Waals surface area contributed by atoms with Crippen LogP contribution in [0.4, 0.5) is 0 Å². The molecule has 6 amide bonds. The van der Waals surface area contributed by atoms with Crippen LogP contribution in [0.2, 0.25) is 0 Å². The van der Waals surface area contributed by atoms with Gasteiger partial charge in [0.25, 0.3) is 0 Å². The van der Waals surface area contributed by atoms with E-state index >= 15 is 0 Å². The largest absolute Gasteiger partial charge is 0.481 e. The number of rotatable bonds is 9. The van der Waals surface area contributed by atoms with Crippen LogP contribution in [0.3, 0.4) is 0 Å². The van der Waals surface area contributed by atoms with Crippen LogP contribution in [0.25, 0.3) is 0 Å². The highest BCUT2D eigenvalue weighted by molar-refractivity contribution is 6.00. The molecule has 0 aromatic heterocycles. The summed E-state index contributed by atoms with van der Waals surface area (Å²) in [4.78, 5) is 112. The second-order valence-electron chi connectivity index (χ2n) is 10.6. The number of amides is 6. The Morgan fingerprint density at radius 3 is 1.27 bits per heavy atom. The van der Waals surface area contributed by atoms with Gasteiger partial charge in [-0.05, 0) is 26.2 Å². The summed E-state index contributed by atoms with van der Waals surface area (Å²) < 4.78 is 0. The van der Waals surface area contributed by atoms with Gasteiger partial charge in [-0.3, -0.25) is 43.2 Å². The molecule has 246 valence electrons. The van der Waals surface area contributed by atoms with Gasteiger partial charge < -0.3 is 52.3 Å². The Morgan fingerprint density at radius 2 is 0.909 bits per heavy atom. The van der Waals surface area contributed by atoms with E-state index in [1.165, 1.54) is 0 Å². The lowest BCUT2D eigenvalue weighted by Crippen LogP contribution is -2.62. The van der Waals surface area contributed by atoms with Crippen LogP contribution < -0.4 is 31.9 Å². The molecule has 44 heavy (non-hydrogen) atoms. The van der Waals surface area contributed by atoms with Gasteiger partial charge in [-0.15, -0.1) is 0 Å². The van der Waals surface area contributed by atoms with Crippen LogP contribution in [-0.4, -0.2) is 116 Å². The molecule has 0 radical (unpaired) electrons. The predicted molar refractivity (Wildman–Crippen MR) is 145 cm³/mol. The molecule has 0 aromatic carbocycles. The summed E-state index contributed by atoms with van der Waals surface area (Å²) in [5.41, 5.74) is 0. The minimum atomic E-state index is -1.88. The van der Waals surface area contributed by atoms with Crippen molar-refractivity contribution in [3.63, 3.8) is 0 Å². The first-order valence-corrected chi connectivity index (χ1v) is 13.5. The SMILES string of the molecule is CC(C)C[C@@H]1NC(=O)[C@@H](CC(=O)O)NC(=O)[C@@H](CC(=O)O)NC(=O)[C@@H](C)NC(=O)[C@H]([C@@H](C)O)NC(=O)[C@@H](CC(=O)O)NC1=O. The molecule has 0 bridgehead atoms. The van der Waals surface area contributed by atoms with E-state index in [-0.39, 0.29) is 12.3 Å². The summed E-state index contributed by atoms with van der Waals surface area (Å²) in [6, 6.07) is -10.3. The monoisotopic (exact) mass is 630 g/mol. The zero-order valence-electron chi connectivity index (χ0n) is 24.4. The van der Waals surface area contributed by atoms with E-state index in [1.54, 1.807) is 13.8 Å². The molecule has 0 spiro atoms. The maximum absolute atomic E-state index is 13.2. The van der Waals surface area contributed by atoms with Crippen molar-refractivity contribution in [3.8, 4) is 0 Å². The van der Waals surface area contributed by atoms with Gasteiger partial charge >= 0.3 is 17.9 Å². The lowest BCUT2D eigenvalue weighted by Gasteiger charge is -2.28. The number of aliphatic hydroxyl groups excluding tert-OH is 1. The molecule has 1 saturated heterocycles. The molecule has 10 N–H and O–H groups in total. The van der Waals surface area contributed by atoms with Crippen molar-refractivity contribution in [2.45, 2.75) is 95.7 Å². The predicted octanol–water partition coefficient (Wildman–Crippen LogP) is -4.22. The molecular weight excluding hydrogens is 592 g/mol. The number of carbonyl (C=O) groups is 9. The van der Waals surface area contributed by atoms with Crippen LogP contribution in [0.5, 0.6) is 0 Å². The molecule has 1 aliphatic rings. The smallest absolute Gasteiger partial charge is 0.305 e. The Labute approximate surface area is 250 Å². The lowest BCUT2D eigenvalue weighted by molar-refractivity contribution is -0.144. The maximum Gasteiger partial charge on any atom is 0.305 e. The first-order chi connectivity index (χ1) is 20.3. The Morgan fingerprint density at radius 1 is 0.568 bits per heavy atom. The molecule has 0 aliphatic carbocycles. The molecule has 1 heterocycles. The second kappa shape index (κ2) is 16.7. The fourth-order valence-electron chi connectivity index (χ4n) is 4.00. The van der Waals surface area contributed by atoms with Gasteiger partial charge in [-0.25, -0.2) is 0 Å². The Balaban J connectivity index is 3.66. The van der Waals surface area contributed by atoms with Gasteiger partial charge in [0.1, 0.15) is 36.3 Å². The Kier molecular flexibility index (Phi) is 14.1. The first-order valence-electron chi connectivity index (χ1n) is 13.5. The number of hydrogen-bond acceptors (Lipinski definition) is 10. The fourth-order valence-corrected chi connectivity index (χ4v) is 4.00. The summed E-state index contributed by atoms with van der Waals surface area (Å²) in [5, 5.41) is 50.9. The molecule has 1 rings (SSSR count). The lowest BCUT2D eigenvalue weighted by atomic mass is 10.0. The second-order valence-corrected chi connectivity index (χ2v) is 10.6. The average molecular weight is 631 g/mol.